The Hall–Kier alpha value is -3.51. The molecule has 0 saturated heterocycles. The molecule has 2 aromatic carbocycles. The topological polar surface area (TPSA) is 138 Å². The lowest BCUT2D eigenvalue weighted by atomic mass is 10.1. The van der Waals surface area contributed by atoms with Crippen molar-refractivity contribution in [3.05, 3.63) is 71.5 Å². The van der Waals surface area contributed by atoms with E-state index in [1.165, 1.54) is 30.5 Å². The van der Waals surface area contributed by atoms with E-state index in [-0.39, 0.29) is 17.3 Å². The molecule has 1 aromatic heterocycles. The molecule has 0 fully saturated rings. The summed E-state index contributed by atoms with van der Waals surface area (Å²) in [6, 6.07) is 11.4. The predicted octanol–water partition coefficient (Wildman–Crippen LogP) is 3.39. The minimum atomic E-state index is -3.95. The molecule has 0 aliphatic rings. The Balaban J connectivity index is 1.82. The molecule has 0 radical (unpaired) electrons. The lowest BCUT2D eigenvalue weighted by molar-refractivity contribution is -0.117. The highest BCUT2D eigenvalue weighted by Crippen LogP contribution is 2.26. The van der Waals surface area contributed by atoms with E-state index in [0.29, 0.717) is 17.1 Å². The highest BCUT2D eigenvalue weighted by molar-refractivity contribution is 7.92. The largest absolute Gasteiger partial charge is 0.324 e. The maximum atomic E-state index is 13.1. The molecule has 0 aliphatic carbocycles. The number of benzene rings is 2. The first-order valence-corrected chi connectivity index (χ1v) is 14.4. The number of amides is 1. The molecular weight excluding hydrogens is 502 g/mol. The van der Waals surface area contributed by atoms with Crippen molar-refractivity contribution in [1.82, 2.24) is 9.97 Å². The average molecular weight is 532 g/mol. The van der Waals surface area contributed by atoms with Gasteiger partial charge in [0.1, 0.15) is 6.04 Å². The van der Waals surface area contributed by atoms with E-state index in [2.05, 4.69) is 20.0 Å². The summed E-state index contributed by atoms with van der Waals surface area (Å²) in [5, 5.41) is 2.69. The first-order valence-electron chi connectivity index (χ1n) is 11.1. The fraction of sp³-hybridized carbons (Fsp3) is 0.292. The quantitative estimate of drug-likeness (QED) is 0.432. The number of carbonyl (C=O) groups excluding carboxylic acids is 1. The summed E-state index contributed by atoms with van der Waals surface area (Å²) in [6.45, 7) is 7.22. The molecule has 1 heterocycles. The molecule has 12 heteroatoms. The zero-order valence-corrected chi connectivity index (χ0v) is 22.3. The van der Waals surface area contributed by atoms with Crippen molar-refractivity contribution < 1.29 is 21.6 Å². The van der Waals surface area contributed by atoms with E-state index in [0.717, 1.165) is 21.7 Å². The highest BCUT2D eigenvalue weighted by Gasteiger charge is 2.31. The zero-order valence-electron chi connectivity index (χ0n) is 20.7. The van der Waals surface area contributed by atoms with E-state index in [4.69, 9.17) is 0 Å². The molecule has 192 valence electrons. The highest BCUT2D eigenvalue weighted by atomic mass is 32.2. The van der Waals surface area contributed by atoms with Crippen LogP contribution in [0.1, 0.15) is 30.2 Å². The van der Waals surface area contributed by atoms with Crippen molar-refractivity contribution in [2.45, 2.75) is 45.1 Å². The predicted molar refractivity (Wildman–Crippen MR) is 140 cm³/mol. The standard InChI is InChI=1S/C24H29N5O5S2/c1-6-22(29(35(5,31)32)20-10-7-16(2)17(3)15-20)23(30)27-19-8-11-21(12-9-19)36(33,34)28-24-25-14-13-18(4)26-24/h7-15,22H,6H2,1-5H3,(H,27,30)(H,25,26,28)/t22-/m0/s1. The Labute approximate surface area is 211 Å². The molecule has 3 rings (SSSR count). The third-order valence-corrected chi connectivity index (χ3v) is 8.05. The van der Waals surface area contributed by atoms with Crippen molar-refractivity contribution in [3.63, 3.8) is 0 Å². The second kappa shape index (κ2) is 10.6. The third-order valence-electron chi connectivity index (χ3n) is 5.53. The van der Waals surface area contributed by atoms with Gasteiger partial charge in [-0.15, -0.1) is 0 Å². The van der Waals surface area contributed by atoms with Gasteiger partial charge in [-0.05, 0) is 80.8 Å². The molecule has 1 amide bonds. The van der Waals surface area contributed by atoms with Crippen molar-refractivity contribution in [2.75, 3.05) is 20.6 Å². The lowest BCUT2D eigenvalue weighted by Crippen LogP contribution is -2.47. The number of aryl methyl sites for hydroxylation is 3. The summed E-state index contributed by atoms with van der Waals surface area (Å²) in [6.07, 6.45) is 2.72. The molecule has 0 unspecified atom stereocenters. The molecule has 0 aliphatic heterocycles. The van der Waals surface area contributed by atoms with E-state index in [9.17, 15) is 21.6 Å². The minimum absolute atomic E-state index is 0.0504. The molecule has 1 atom stereocenters. The van der Waals surface area contributed by atoms with Crippen molar-refractivity contribution in [1.29, 1.82) is 0 Å². The van der Waals surface area contributed by atoms with Crippen LogP contribution >= 0.6 is 0 Å². The average Bonchev–Trinajstić information content (AvgIpc) is 2.78. The van der Waals surface area contributed by atoms with Crippen molar-refractivity contribution in [3.8, 4) is 0 Å². The lowest BCUT2D eigenvalue weighted by Gasteiger charge is -2.30. The number of nitrogens with zero attached hydrogens (tertiary/aromatic N) is 3. The number of rotatable bonds is 9. The van der Waals surface area contributed by atoms with Crippen LogP contribution in [0.25, 0.3) is 0 Å². The fourth-order valence-electron chi connectivity index (χ4n) is 3.54. The van der Waals surface area contributed by atoms with Crippen LogP contribution < -0.4 is 14.3 Å². The Morgan fingerprint density at radius 3 is 2.19 bits per heavy atom. The second-order valence-corrected chi connectivity index (χ2v) is 11.9. The number of anilines is 3. The summed E-state index contributed by atoms with van der Waals surface area (Å²) in [5.41, 5.74) is 3.22. The van der Waals surface area contributed by atoms with Gasteiger partial charge in [-0.3, -0.25) is 9.10 Å². The number of aromatic nitrogens is 2. The van der Waals surface area contributed by atoms with Gasteiger partial charge in [0.2, 0.25) is 21.9 Å². The SMILES string of the molecule is CC[C@@H](C(=O)Nc1ccc(S(=O)(=O)Nc2nccc(C)n2)cc1)N(c1ccc(C)c(C)c1)S(C)(=O)=O. The Morgan fingerprint density at radius 1 is 0.972 bits per heavy atom. The molecule has 0 bridgehead atoms. The number of hydrogen-bond acceptors (Lipinski definition) is 7. The summed E-state index contributed by atoms with van der Waals surface area (Å²) in [5.74, 6) is -0.589. The molecule has 36 heavy (non-hydrogen) atoms. The monoisotopic (exact) mass is 531 g/mol. The first kappa shape index (κ1) is 27.1. The number of nitrogens with one attached hydrogen (secondary N) is 2. The van der Waals surface area contributed by atoms with Gasteiger partial charge in [-0.25, -0.2) is 31.5 Å². The number of hydrogen-bond donors (Lipinski definition) is 2. The smallest absolute Gasteiger partial charge is 0.264 e. The van der Waals surface area contributed by atoms with E-state index in [1.54, 1.807) is 32.0 Å². The van der Waals surface area contributed by atoms with Crippen LogP contribution in [0.3, 0.4) is 0 Å². The van der Waals surface area contributed by atoms with Crippen LogP contribution in [0, 0.1) is 20.8 Å². The number of carbonyl (C=O) groups is 1. The van der Waals surface area contributed by atoms with Gasteiger partial charge in [-0.2, -0.15) is 0 Å². The van der Waals surface area contributed by atoms with Crippen LogP contribution in [-0.2, 0) is 24.8 Å². The molecule has 10 nitrogen and oxygen atoms in total. The van der Waals surface area contributed by atoms with Crippen LogP contribution in [0.5, 0.6) is 0 Å². The van der Waals surface area contributed by atoms with E-state index < -0.39 is 32.0 Å². The molecule has 0 saturated carbocycles. The van der Waals surface area contributed by atoms with E-state index in [1.807, 2.05) is 19.9 Å². The normalized spacial score (nSPS) is 12.6. The Morgan fingerprint density at radius 2 is 1.64 bits per heavy atom. The second-order valence-electron chi connectivity index (χ2n) is 8.39. The Bertz CT molecular complexity index is 1470. The van der Waals surface area contributed by atoms with Gasteiger partial charge in [0, 0.05) is 17.6 Å². The summed E-state index contributed by atoms with van der Waals surface area (Å²) < 4.78 is 54.1. The fourth-order valence-corrected chi connectivity index (χ4v) is 5.70. The maximum Gasteiger partial charge on any atom is 0.264 e. The zero-order chi connectivity index (χ0) is 26.7. The van der Waals surface area contributed by atoms with Gasteiger partial charge >= 0.3 is 0 Å². The van der Waals surface area contributed by atoms with Gasteiger partial charge < -0.3 is 5.32 Å². The third kappa shape index (κ3) is 6.38. The summed E-state index contributed by atoms with van der Waals surface area (Å²) in [4.78, 5) is 21.0. The maximum absolute atomic E-state index is 13.1. The van der Waals surface area contributed by atoms with Gasteiger partial charge in [0.05, 0.1) is 16.8 Å². The van der Waals surface area contributed by atoms with Crippen LogP contribution in [0.4, 0.5) is 17.3 Å². The summed E-state index contributed by atoms with van der Waals surface area (Å²) in [7, 11) is -7.73. The molecule has 2 N–H and O–H groups in total. The van der Waals surface area contributed by atoms with Gasteiger partial charge in [0.25, 0.3) is 10.0 Å². The van der Waals surface area contributed by atoms with E-state index >= 15 is 0 Å². The van der Waals surface area contributed by atoms with Crippen LogP contribution in [0.15, 0.2) is 59.6 Å². The van der Waals surface area contributed by atoms with Gasteiger partial charge in [-0.1, -0.05) is 13.0 Å². The van der Waals surface area contributed by atoms with Crippen LogP contribution in [-0.4, -0.2) is 45.0 Å². The Kier molecular flexibility index (Phi) is 7.99. The minimum Gasteiger partial charge on any atom is -0.324 e. The van der Waals surface area contributed by atoms with Crippen molar-refractivity contribution in [2.24, 2.45) is 0 Å². The van der Waals surface area contributed by atoms with Crippen molar-refractivity contribution >= 4 is 43.3 Å². The molecular formula is C24H29N5O5S2. The molecule has 0 spiro atoms. The summed E-state index contributed by atoms with van der Waals surface area (Å²) >= 11 is 0. The van der Waals surface area contributed by atoms with Crippen LogP contribution in [0.2, 0.25) is 0 Å². The first-order chi connectivity index (χ1) is 16.8. The number of sulfonamides is 2. The van der Waals surface area contributed by atoms with Gasteiger partial charge in [0.15, 0.2) is 0 Å². The molecule has 3 aromatic rings.